The third-order valence-electron chi connectivity index (χ3n) is 3.47. The van der Waals surface area contributed by atoms with Gasteiger partial charge in [-0.15, -0.1) is 11.8 Å². The SMILES string of the molecule is CCSc1c(C#N)nn2c1NC(C)(C)c1ccccc1-2. The van der Waals surface area contributed by atoms with E-state index in [2.05, 4.69) is 49.4 Å². The second kappa shape index (κ2) is 4.57. The van der Waals surface area contributed by atoms with E-state index in [4.69, 9.17) is 0 Å². The van der Waals surface area contributed by atoms with Crippen LogP contribution in [0.3, 0.4) is 0 Å². The Kier molecular flexibility index (Phi) is 2.98. The summed E-state index contributed by atoms with van der Waals surface area (Å²) >= 11 is 1.65. The highest BCUT2D eigenvalue weighted by Gasteiger charge is 2.33. The van der Waals surface area contributed by atoms with Crippen LogP contribution in [0.15, 0.2) is 29.2 Å². The molecule has 2 heterocycles. The Morgan fingerprint density at radius 3 is 2.85 bits per heavy atom. The Labute approximate surface area is 122 Å². The van der Waals surface area contributed by atoms with Crippen molar-refractivity contribution in [1.29, 1.82) is 5.26 Å². The Balaban J connectivity index is 2.29. The summed E-state index contributed by atoms with van der Waals surface area (Å²) in [6.45, 7) is 6.38. The van der Waals surface area contributed by atoms with Crippen molar-refractivity contribution >= 4 is 17.6 Å². The number of nitrogens with zero attached hydrogens (tertiary/aromatic N) is 3. The molecular formula is C15H16N4S. The van der Waals surface area contributed by atoms with Crippen LogP contribution in [0.25, 0.3) is 5.69 Å². The average molecular weight is 284 g/mol. The Bertz CT molecular complexity index is 709. The third kappa shape index (κ3) is 1.80. The molecule has 3 rings (SSSR count). The van der Waals surface area contributed by atoms with E-state index in [0.717, 1.165) is 22.2 Å². The molecule has 0 amide bonds. The van der Waals surface area contributed by atoms with Crippen LogP contribution in [0.5, 0.6) is 0 Å². The van der Waals surface area contributed by atoms with Crippen molar-refractivity contribution in [1.82, 2.24) is 9.78 Å². The lowest BCUT2D eigenvalue weighted by Gasteiger charge is -2.35. The molecule has 2 aromatic rings. The second-order valence-corrected chi connectivity index (χ2v) is 6.52. The van der Waals surface area contributed by atoms with Crippen molar-refractivity contribution in [2.75, 3.05) is 11.1 Å². The van der Waals surface area contributed by atoms with Crippen molar-refractivity contribution in [3.8, 4) is 11.8 Å². The molecule has 1 aliphatic rings. The van der Waals surface area contributed by atoms with Gasteiger partial charge in [0.2, 0.25) is 0 Å². The molecule has 0 unspecified atom stereocenters. The molecule has 0 aliphatic carbocycles. The highest BCUT2D eigenvalue weighted by molar-refractivity contribution is 7.99. The molecule has 1 aromatic heterocycles. The number of nitriles is 1. The molecule has 0 bridgehead atoms. The normalized spacial score (nSPS) is 14.9. The molecule has 1 aromatic carbocycles. The maximum absolute atomic E-state index is 9.31. The standard InChI is InChI=1S/C15H16N4S/c1-4-20-13-11(9-16)18-19-12-8-6-5-7-10(12)15(2,3)17-14(13)19/h5-8,17H,4H2,1-3H3. The van der Waals surface area contributed by atoms with E-state index >= 15 is 0 Å². The maximum atomic E-state index is 9.31. The van der Waals surface area contributed by atoms with E-state index in [1.54, 1.807) is 11.8 Å². The first kappa shape index (κ1) is 13.1. The van der Waals surface area contributed by atoms with Crippen molar-refractivity contribution in [2.45, 2.75) is 31.2 Å². The highest BCUT2D eigenvalue weighted by Crippen LogP contribution is 2.42. The summed E-state index contributed by atoms with van der Waals surface area (Å²) in [7, 11) is 0. The molecule has 0 radical (unpaired) electrons. The number of rotatable bonds is 2. The first-order valence-electron chi connectivity index (χ1n) is 6.62. The van der Waals surface area contributed by atoms with E-state index in [1.165, 1.54) is 5.56 Å². The predicted octanol–water partition coefficient (Wildman–Crippen LogP) is 3.52. The maximum Gasteiger partial charge on any atom is 0.178 e. The van der Waals surface area contributed by atoms with Crippen LogP contribution < -0.4 is 5.32 Å². The van der Waals surface area contributed by atoms with Crippen LogP contribution in [0.2, 0.25) is 0 Å². The van der Waals surface area contributed by atoms with Gasteiger partial charge in [-0.05, 0) is 25.7 Å². The molecule has 0 saturated carbocycles. The fourth-order valence-electron chi connectivity index (χ4n) is 2.59. The zero-order chi connectivity index (χ0) is 14.3. The lowest BCUT2D eigenvalue weighted by molar-refractivity contribution is 0.572. The fourth-order valence-corrected chi connectivity index (χ4v) is 3.38. The molecule has 0 atom stereocenters. The molecule has 0 spiro atoms. The van der Waals surface area contributed by atoms with Crippen molar-refractivity contribution in [3.63, 3.8) is 0 Å². The zero-order valence-electron chi connectivity index (χ0n) is 11.8. The van der Waals surface area contributed by atoms with Gasteiger partial charge in [-0.25, -0.2) is 4.68 Å². The van der Waals surface area contributed by atoms with Gasteiger partial charge in [0.05, 0.1) is 16.1 Å². The van der Waals surface area contributed by atoms with Crippen LogP contribution >= 0.6 is 11.8 Å². The van der Waals surface area contributed by atoms with Crippen LogP contribution in [0.4, 0.5) is 5.82 Å². The van der Waals surface area contributed by atoms with Gasteiger partial charge in [-0.3, -0.25) is 0 Å². The van der Waals surface area contributed by atoms with Crippen LogP contribution in [-0.2, 0) is 5.54 Å². The van der Waals surface area contributed by atoms with Gasteiger partial charge in [-0.1, -0.05) is 25.1 Å². The molecule has 4 nitrogen and oxygen atoms in total. The number of hydrogen-bond acceptors (Lipinski definition) is 4. The Morgan fingerprint density at radius 1 is 1.40 bits per heavy atom. The van der Waals surface area contributed by atoms with E-state index in [9.17, 15) is 5.26 Å². The summed E-state index contributed by atoms with van der Waals surface area (Å²) < 4.78 is 1.86. The number of thioether (sulfide) groups is 1. The van der Waals surface area contributed by atoms with Gasteiger partial charge in [0.15, 0.2) is 5.69 Å². The van der Waals surface area contributed by atoms with Crippen molar-refractivity contribution in [2.24, 2.45) is 0 Å². The zero-order valence-corrected chi connectivity index (χ0v) is 12.6. The molecule has 1 aliphatic heterocycles. The van der Waals surface area contributed by atoms with Crippen LogP contribution in [0.1, 0.15) is 32.0 Å². The van der Waals surface area contributed by atoms with E-state index < -0.39 is 0 Å². The lowest BCUT2D eigenvalue weighted by Crippen LogP contribution is -2.34. The van der Waals surface area contributed by atoms with E-state index in [0.29, 0.717) is 5.69 Å². The van der Waals surface area contributed by atoms with Crippen molar-refractivity contribution < 1.29 is 0 Å². The van der Waals surface area contributed by atoms with Crippen LogP contribution in [0, 0.1) is 11.3 Å². The second-order valence-electron chi connectivity index (χ2n) is 5.25. The summed E-state index contributed by atoms with van der Waals surface area (Å²) in [5.41, 5.74) is 2.55. The predicted molar refractivity (Wildman–Crippen MR) is 81.3 cm³/mol. The van der Waals surface area contributed by atoms with Gasteiger partial charge in [0.1, 0.15) is 11.9 Å². The lowest BCUT2D eigenvalue weighted by atomic mass is 9.91. The monoisotopic (exact) mass is 284 g/mol. The number of hydrogen-bond donors (Lipinski definition) is 1. The van der Waals surface area contributed by atoms with Gasteiger partial charge >= 0.3 is 0 Å². The smallest absolute Gasteiger partial charge is 0.178 e. The molecule has 0 fully saturated rings. The number of anilines is 1. The molecule has 1 N–H and O–H groups in total. The molecule has 0 saturated heterocycles. The summed E-state index contributed by atoms with van der Waals surface area (Å²) in [6, 6.07) is 10.4. The largest absolute Gasteiger partial charge is 0.360 e. The van der Waals surface area contributed by atoms with Crippen molar-refractivity contribution in [3.05, 3.63) is 35.5 Å². The minimum atomic E-state index is -0.178. The van der Waals surface area contributed by atoms with Gasteiger partial charge in [0.25, 0.3) is 0 Å². The van der Waals surface area contributed by atoms with Gasteiger partial charge < -0.3 is 5.32 Å². The number of fused-ring (bicyclic) bond motifs is 3. The topological polar surface area (TPSA) is 53.6 Å². The van der Waals surface area contributed by atoms with Gasteiger partial charge in [-0.2, -0.15) is 10.4 Å². The third-order valence-corrected chi connectivity index (χ3v) is 4.44. The highest BCUT2D eigenvalue weighted by atomic mass is 32.2. The Morgan fingerprint density at radius 2 is 2.15 bits per heavy atom. The van der Waals surface area contributed by atoms with E-state index in [1.807, 2.05) is 16.8 Å². The number of aromatic nitrogens is 2. The van der Waals surface area contributed by atoms with Crippen LogP contribution in [-0.4, -0.2) is 15.5 Å². The number of benzene rings is 1. The summed E-state index contributed by atoms with van der Waals surface area (Å²) in [6.07, 6.45) is 0. The minimum Gasteiger partial charge on any atom is -0.360 e. The number of para-hydroxylation sites is 1. The summed E-state index contributed by atoms with van der Waals surface area (Å²) in [5.74, 6) is 1.84. The van der Waals surface area contributed by atoms with Gasteiger partial charge in [0, 0.05) is 5.56 Å². The summed E-state index contributed by atoms with van der Waals surface area (Å²) in [5, 5.41) is 17.3. The first-order chi connectivity index (χ1) is 9.58. The fraction of sp³-hybridized carbons (Fsp3) is 0.333. The molecule has 20 heavy (non-hydrogen) atoms. The quantitative estimate of drug-likeness (QED) is 0.857. The minimum absolute atomic E-state index is 0.178. The molecular weight excluding hydrogens is 268 g/mol. The summed E-state index contributed by atoms with van der Waals surface area (Å²) in [4.78, 5) is 0.942. The Hall–Kier alpha value is -1.93. The van der Waals surface area contributed by atoms with E-state index in [-0.39, 0.29) is 5.54 Å². The molecule has 5 heteroatoms. The first-order valence-corrected chi connectivity index (χ1v) is 7.61. The average Bonchev–Trinajstić information content (AvgIpc) is 2.77. The number of nitrogens with one attached hydrogen (secondary N) is 1. The molecule has 102 valence electrons.